The van der Waals surface area contributed by atoms with Gasteiger partial charge in [0, 0.05) is 49.2 Å². The lowest BCUT2D eigenvalue weighted by atomic mass is 9.81. The molecule has 2 aliphatic rings. The van der Waals surface area contributed by atoms with Crippen LogP contribution in [0.25, 0.3) is 22.7 Å². The van der Waals surface area contributed by atoms with Crippen molar-refractivity contribution in [3.8, 4) is 0 Å². The Bertz CT molecular complexity index is 1020. The molecule has 0 atom stereocenters. The van der Waals surface area contributed by atoms with E-state index in [4.69, 9.17) is 0 Å². The van der Waals surface area contributed by atoms with Crippen molar-refractivity contribution in [2.24, 2.45) is 5.92 Å². The zero-order chi connectivity index (χ0) is 19.1. The molecule has 0 unspecified atom stereocenters. The van der Waals surface area contributed by atoms with Gasteiger partial charge in [-0.15, -0.1) is 0 Å². The van der Waals surface area contributed by atoms with Crippen molar-refractivity contribution in [2.45, 2.75) is 45.6 Å². The van der Waals surface area contributed by atoms with Crippen LogP contribution in [0.2, 0.25) is 0 Å². The number of fused-ring (bicyclic) bond motifs is 3. The lowest BCUT2D eigenvalue weighted by Gasteiger charge is -2.25. The fraction of sp³-hybridized carbons (Fsp3) is 0.400. The summed E-state index contributed by atoms with van der Waals surface area (Å²) in [5, 5.41) is 1.46. The second-order valence-electron chi connectivity index (χ2n) is 8.68. The van der Waals surface area contributed by atoms with Crippen molar-refractivity contribution >= 4 is 22.7 Å². The smallest absolute Gasteiger partial charge is 0.0529 e. The fourth-order valence-electron chi connectivity index (χ4n) is 4.76. The Balaban J connectivity index is 1.62. The Morgan fingerprint density at radius 1 is 1.18 bits per heavy atom. The van der Waals surface area contributed by atoms with Crippen LogP contribution in [-0.2, 0) is 19.4 Å². The van der Waals surface area contributed by atoms with Crippen LogP contribution in [0, 0.1) is 5.92 Å². The standard InChI is InChI=1S/C25H29N3/c1-18(21-8-11-26-12-9-21)16-28-24-7-6-20(14-19-4-3-5-19)15-22(24)23-17-27(2)13-10-25(23)28/h6-9,11-12,15-16,19H,3-5,10,13-14,17H2,1-2H3/b18-16+. The molecule has 0 N–H and O–H groups in total. The number of nitrogens with zero attached hydrogens (tertiary/aromatic N) is 3. The van der Waals surface area contributed by atoms with E-state index in [1.807, 2.05) is 12.4 Å². The molecule has 3 nitrogen and oxygen atoms in total. The number of pyridine rings is 1. The molecule has 28 heavy (non-hydrogen) atoms. The van der Waals surface area contributed by atoms with Gasteiger partial charge in [0.05, 0.1) is 5.52 Å². The third kappa shape index (κ3) is 3.18. The Morgan fingerprint density at radius 2 is 2.00 bits per heavy atom. The molecule has 0 radical (unpaired) electrons. The molecule has 5 rings (SSSR count). The number of benzene rings is 1. The predicted molar refractivity (Wildman–Crippen MR) is 117 cm³/mol. The maximum Gasteiger partial charge on any atom is 0.0529 e. The topological polar surface area (TPSA) is 21.1 Å². The highest BCUT2D eigenvalue weighted by Gasteiger charge is 2.23. The highest BCUT2D eigenvalue weighted by atomic mass is 15.1. The van der Waals surface area contributed by atoms with Crippen LogP contribution < -0.4 is 0 Å². The fourth-order valence-corrected chi connectivity index (χ4v) is 4.76. The van der Waals surface area contributed by atoms with E-state index in [2.05, 4.69) is 65.0 Å². The molecular weight excluding hydrogens is 342 g/mol. The number of hydrogen-bond donors (Lipinski definition) is 0. The number of allylic oxidation sites excluding steroid dienone is 1. The van der Waals surface area contributed by atoms with Gasteiger partial charge in [0.2, 0.25) is 0 Å². The molecule has 1 saturated carbocycles. The molecule has 2 aromatic heterocycles. The zero-order valence-corrected chi connectivity index (χ0v) is 17.0. The molecule has 144 valence electrons. The van der Waals surface area contributed by atoms with Crippen LogP contribution in [0.5, 0.6) is 0 Å². The van der Waals surface area contributed by atoms with Crippen LogP contribution in [0.1, 0.15) is 48.6 Å². The molecule has 3 heteroatoms. The van der Waals surface area contributed by atoms with Gasteiger partial charge < -0.3 is 9.47 Å². The molecular formula is C25H29N3. The molecule has 1 aliphatic heterocycles. The van der Waals surface area contributed by atoms with E-state index in [-0.39, 0.29) is 0 Å². The summed E-state index contributed by atoms with van der Waals surface area (Å²) in [6, 6.07) is 11.4. The van der Waals surface area contributed by atoms with Gasteiger partial charge in [-0.3, -0.25) is 4.98 Å². The highest BCUT2D eigenvalue weighted by Crippen LogP contribution is 2.35. The first-order chi connectivity index (χ1) is 13.7. The van der Waals surface area contributed by atoms with E-state index < -0.39 is 0 Å². The minimum Gasteiger partial charge on any atom is -0.320 e. The number of aromatic nitrogens is 2. The Hall–Kier alpha value is -2.39. The summed E-state index contributed by atoms with van der Waals surface area (Å²) in [5.74, 6) is 0.909. The quantitative estimate of drug-likeness (QED) is 0.613. The number of likely N-dealkylation sites (N-methyl/N-ethyl adjacent to an activating group) is 1. The van der Waals surface area contributed by atoms with E-state index in [1.165, 1.54) is 64.5 Å². The van der Waals surface area contributed by atoms with E-state index in [9.17, 15) is 0 Å². The van der Waals surface area contributed by atoms with Gasteiger partial charge >= 0.3 is 0 Å². The van der Waals surface area contributed by atoms with Crippen molar-refractivity contribution in [3.05, 3.63) is 65.1 Å². The first-order valence-electron chi connectivity index (χ1n) is 10.6. The Kier molecular flexibility index (Phi) is 4.56. The maximum atomic E-state index is 4.16. The Labute approximate surface area is 167 Å². The van der Waals surface area contributed by atoms with Crippen LogP contribution in [0.4, 0.5) is 0 Å². The Morgan fingerprint density at radius 3 is 2.75 bits per heavy atom. The lowest BCUT2D eigenvalue weighted by molar-refractivity contribution is 0.311. The number of hydrogen-bond acceptors (Lipinski definition) is 2. The molecule has 3 aromatic rings. The molecule has 0 amide bonds. The summed E-state index contributed by atoms with van der Waals surface area (Å²) in [6.07, 6.45) is 12.7. The van der Waals surface area contributed by atoms with E-state index in [1.54, 1.807) is 0 Å². The second-order valence-corrected chi connectivity index (χ2v) is 8.68. The molecule has 0 spiro atoms. The van der Waals surface area contributed by atoms with Gasteiger partial charge in [0.25, 0.3) is 0 Å². The van der Waals surface area contributed by atoms with Gasteiger partial charge in [0.15, 0.2) is 0 Å². The average Bonchev–Trinajstić information content (AvgIpc) is 2.98. The molecule has 0 saturated heterocycles. The summed E-state index contributed by atoms with van der Waals surface area (Å²) in [5.41, 5.74) is 8.39. The van der Waals surface area contributed by atoms with Crippen LogP contribution in [-0.4, -0.2) is 28.0 Å². The summed E-state index contributed by atoms with van der Waals surface area (Å²) < 4.78 is 2.46. The third-order valence-electron chi connectivity index (χ3n) is 6.65. The monoisotopic (exact) mass is 371 g/mol. The molecule has 1 aliphatic carbocycles. The van der Waals surface area contributed by atoms with Gasteiger partial charge in [-0.05, 0) is 72.8 Å². The normalized spacial score (nSPS) is 18.3. The summed E-state index contributed by atoms with van der Waals surface area (Å²) >= 11 is 0. The maximum absolute atomic E-state index is 4.16. The minimum atomic E-state index is 0.909. The first-order valence-corrected chi connectivity index (χ1v) is 10.6. The minimum absolute atomic E-state index is 0.909. The predicted octanol–water partition coefficient (Wildman–Crippen LogP) is 5.38. The van der Waals surface area contributed by atoms with Crippen molar-refractivity contribution < 1.29 is 0 Å². The van der Waals surface area contributed by atoms with Crippen LogP contribution in [0.3, 0.4) is 0 Å². The van der Waals surface area contributed by atoms with Crippen LogP contribution >= 0.6 is 0 Å². The molecule has 1 fully saturated rings. The van der Waals surface area contributed by atoms with Gasteiger partial charge in [-0.1, -0.05) is 25.3 Å². The second kappa shape index (κ2) is 7.21. The molecule has 1 aromatic carbocycles. The van der Waals surface area contributed by atoms with E-state index in [0.29, 0.717) is 0 Å². The van der Waals surface area contributed by atoms with Gasteiger partial charge in [-0.25, -0.2) is 0 Å². The third-order valence-corrected chi connectivity index (χ3v) is 6.65. The first kappa shape index (κ1) is 17.7. The van der Waals surface area contributed by atoms with Crippen molar-refractivity contribution in [1.82, 2.24) is 14.5 Å². The number of rotatable bonds is 4. The van der Waals surface area contributed by atoms with E-state index >= 15 is 0 Å². The van der Waals surface area contributed by atoms with Crippen molar-refractivity contribution in [1.29, 1.82) is 0 Å². The summed E-state index contributed by atoms with van der Waals surface area (Å²) in [7, 11) is 2.24. The lowest BCUT2D eigenvalue weighted by Crippen LogP contribution is -2.26. The molecule has 0 bridgehead atoms. The van der Waals surface area contributed by atoms with Crippen LogP contribution in [0.15, 0.2) is 42.7 Å². The van der Waals surface area contributed by atoms with E-state index in [0.717, 1.165) is 25.4 Å². The van der Waals surface area contributed by atoms with Gasteiger partial charge in [-0.2, -0.15) is 0 Å². The average molecular weight is 372 g/mol. The highest BCUT2D eigenvalue weighted by molar-refractivity contribution is 5.90. The zero-order valence-electron chi connectivity index (χ0n) is 17.0. The largest absolute Gasteiger partial charge is 0.320 e. The van der Waals surface area contributed by atoms with Crippen molar-refractivity contribution in [3.63, 3.8) is 0 Å². The van der Waals surface area contributed by atoms with Gasteiger partial charge in [0.1, 0.15) is 0 Å². The summed E-state index contributed by atoms with van der Waals surface area (Å²) in [6.45, 7) is 4.38. The molecule has 3 heterocycles. The SMILES string of the molecule is C/C(=C\n1c2c(c3cc(CC4CCC4)ccc31)CN(C)CC2)c1ccncc1. The summed E-state index contributed by atoms with van der Waals surface area (Å²) in [4.78, 5) is 6.61. The van der Waals surface area contributed by atoms with Crippen molar-refractivity contribution in [2.75, 3.05) is 13.6 Å².